The second-order valence-corrected chi connectivity index (χ2v) is 3.61. The minimum atomic E-state index is -0.477. The van der Waals surface area contributed by atoms with Crippen LogP contribution in [-0.2, 0) is 0 Å². The number of urea groups is 1. The van der Waals surface area contributed by atoms with Crippen molar-refractivity contribution in [2.24, 2.45) is 11.1 Å². The molecule has 11 heavy (non-hydrogen) atoms. The molecule has 2 amide bonds. The van der Waals surface area contributed by atoms with Gasteiger partial charge >= 0.3 is 6.03 Å². The van der Waals surface area contributed by atoms with Crippen molar-refractivity contribution in [3.8, 4) is 0 Å². The second kappa shape index (κ2) is 4.44. The molecule has 3 N–H and O–H groups in total. The first-order valence-corrected chi connectivity index (χ1v) is 4.11. The smallest absolute Gasteiger partial charge is 0.312 e. The Balaban J connectivity index is 3.45. The van der Waals surface area contributed by atoms with E-state index in [1.54, 1.807) is 0 Å². The van der Waals surface area contributed by atoms with E-state index in [0.717, 1.165) is 6.42 Å². The molecule has 0 saturated heterocycles. The van der Waals surface area contributed by atoms with Crippen molar-refractivity contribution >= 4 is 17.6 Å². The highest BCUT2D eigenvalue weighted by Crippen LogP contribution is 2.20. The van der Waals surface area contributed by atoms with Crippen molar-refractivity contribution in [3.63, 3.8) is 0 Å². The van der Waals surface area contributed by atoms with Gasteiger partial charge < -0.3 is 11.1 Å². The van der Waals surface area contributed by atoms with Crippen molar-refractivity contribution in [3.05, 3.63) is 0 Å². The molecule has 0 radical (unpaired) electrons. The van der Waals surface area contributed by atoms with Gasteiger partial charge in [-0.15, -0.1) is 11.6 Å². The highest BCUT2D eigenvalue weighted by Gasteiger charge is 2.15. The lowest BCUT2D eigenvalue weighted by Crippen LogP contribution is -2.32. The molecule has 0 aromatic carbocycles. The zero-order chi connectivity index (χ0) is 8.91. The number of primary amides is 1. The van der Waals surface area contributed by atoms with Gasteiger partial charge in [0.2, 0.25) is 0 Å². The van der Waals surface area contributed by atoms with E-state index in [0.29, 0.717) is 12.4 Å². The highest BCUT2D eigenvalue weighted by molar-refractivity contribution is 6.18. The first-order valence-electron chi connectivity index (χ1n) is 3.57. The van der Waals surface area contributed by atoms with E-state index in [1.165, 1.54) is 0 Å². The molecule has 0 bridgehead atoms. The third-order valence-corrected chi connectivity index (χ3v) is 2.19. The van der Waals surface area contributed by atoms with Gasteiger partial charge in [0.25, 0.3) is 0 Å². The molecule has 0 aromatic heterocycles. The van der Waals surface area contributed by atoms with E-state index < -0.39 is 6.03 Å². The van der Waals surface area contributed by atoms with Gasteiger partial charge in [-0.2, -0.15) is 0 Å². The molecule has 0 heterocycles. The van der Waals surface area contributed by atoms with Crippen LogP contribution in [0, 0.1) is 5.41 Å². The predicted octanol–water partition coefficient (Wildman–Crippen LogP) is 1.31. The number of hydrogen-bond acceptors (Lipinski definition) is 1. The van der Waals surface area contributed by atoms with Crippen LogP contribution < -0.4 is 11.1 Å². The number of hydrogen-bond donors (Lipinski definition) is 2. The first-order chi connectivity index (χ1) is 4.98. The van der Waals surface area contributed by atoms with E-state index >= 15 is 0 Å². The molecule has 0 saturated carbocycles. The van der Waals surface area contributed by atoms with Crippen LogP contribution >= 0.6 is 11.6 Å². The predicted molar refractivity (Wildman–Crippen MR) is 46.7 cm³/mol. The van der Waals surface area contributed by atoms with Gasteiger partial charge in [-0.3, -0.25) is 0 Å². The van der Waals surface area contributed by atoms with Crippen LogP contribution in [0.1, 0.15) is 20.3 Å². The summed E-state index contributed by atoms with van der Waals surface area (Å²) in [5, 5.41) is 2.52. The summed E-state index contributed by atoms with van der Waals surface area (Å²) in [7, 11) is 0. The lowest BCUT2D eigenvalue weighted by atomic mass is 9.92. The summed E-state index contributed by atoms with van der Waals surface area (Å²) in [5.41, 5.74) is 4.95. The van der Waals surface area contributed by atoms with Gasteiger partial charge in [0.15, 0.2) is 0 Å². The molecule has 0 spiro atoms. The van der Waals surface area contributed by atoms with Gasteiger partial charge in [0.1, 0.15) is 0 Å². The van der Waals surface area contributed by atoms with Crippen molar-refractivity contribution < 1.29 is 4.79 Å². The van der Waals surface area contributed by atoms with Crippen LogP contribution in [-0.4, -0.2) is 18.5 Å². The summed E-state index contributed by atoms with van der Waals surface area (Å²) in [6.07, 6.45) is 0.847. The zero-order valence-corrected chi connectivity index (χ0v) is 7.74. The number of nitrogens with one attached hydrogen (secondary N) is 1. The standard InChI is InChI=1S/C7H15ClN2O/c1-7(2,5-8)3-4-10-6(9)11/h3-5H2,1-2H3,(H3,9,10,11). The van der Waals surface area contributed by atoms with Crippen LogP contribution in [0.15, 0.2) is 0 Å². The Kier molecular flexibility index (Phi) is 4.26. The molecule has 66 valence electrons. The number of carbonyl (C=O) groups excluding carboxylic acids is 1. The van der Waals surface area contributed by atoms with E-state index in [-0.39, 0.29) is 5.41 Å². The Hall–Kier alpha value is -0.440. The van der Waals surface area contributed by atoms with Crippen molar-refractivity contribution in [2.45, 2.75) is 20.3 Å². The number of halogens is 1. The lowest BCUT2D eigenvalue weighted by Gasteiger charge is -2.20. The fourth-order valence-corrected chi connectivity index (χ4v) is 0.725. The fraction of sp³-hybridized carbons (Fsp3) is 0.857. The van der Waals surface area contributed by atoms with Crippen LogP contribution in [0.25, 0.3) is 0 Å². The maximum Gasteiger partial charge on any atom is 0.312 e. The van der Waals surface area contributed by atoms with Crippen LogP contribution in [0.3, 0.4) is 0 Å². The summed E-state index contributed by atoms with van der Waals surface area (Å²) in [6, 6.07) is -0.477. The van der Waals surface area contributed by atoms with Gasteiger partial charge in [-0.1, -0.05) is 13.8 Å². The van der Waals surface area contributed by atoms with E-state index in [2.05, 4.69) is 5.32 Å². The van der Waals surface area contributed by atoms with E-state index in [4.69, 9.17) is 17.3 Å². The summed E-state index contributed by atoms with van der Waals surface area (Å²) in [5.74, 6) is 0.591. The summed E-state index contributed by atoms with van der Waals surface area (Å²) in [4.78, 5) is 10.3. The van der Waals surface area contributed by atoms with E-state index in [1.807, 2.05) is 13.8 Å². The normalized spacial score (nSPS) is 11.2. The second-order valence-electron chi connectivity index (χ2n) is 3.34. The maximum atomic E-state index is 10.3. The Morgan fingerprint density at radius 3 is 2.55 bits per heavy atom. The Morgan fingerprint density at radius 1 is 1.64 bits per heavy atom. The number of nitrogens with two attached hydrogens (primary N) is 1. The lowest BCUT2D eigenvalue weighted by molar-refractivity contribution is 0.247. The monoisotopic (exact) mass is 178 g/mol. The number of carbonyl (C=O) groups is 1. The summed E-state index contributed by atoms with van der Waals surface area (Å²) >= 11 is 5.66. The van der Waals surface area contributed by atoms with Gasteiger partial charge in [-0.25, -0.2) is 4.79 Å². The van der Waals surface area contributed by atoms with Crippen LogP contribution in [0.5, 0.6) is 0 Å². The molecule has 3 nitrogen and oxygen atoms in total. The van der Waals surface area contributed by atoms with Gasteiger partial charge in [-0.05, 0) is 11.8 Å². The molecular formula is C7H15ClN2O. The Bertz CT molecular complexity index is 136. The highest BCUT2D eigenvalue weighted by atomic mass is 35.5. The van der Waals surface area contributed by atoms with E-state index in [9.17, 15) is 4.79 Å². The largest absolute Gasteiger partial charge is 0.352 e. The first kappa shape index (κ1) is 10.6. The quantitative estimate of drug-likeness (QED) is 0.627. The third kappa shape index (κ3) is 5.98. The topological polar surface area (TPSA) is 55.1 Å². The molecule has 0 aliphatic carbocycles. The van der Waals surface area contributed by atoms with Crippen molar-refractivity contribution in [1.29, 1.82) is 0 Å². The fourth-order valence-electron chi connectivity index (χ4n) is 0.591. The van der Waals surface area contributed by atoms with Crippen molar-refractivity contribution in [1.82, 2.24) is 5.32 Å². The number of alkyl halides is 1. The van der Waals surface area contributed by atoms with Gasteiger partial charge in [0, 0.05) is 12.4 Å². The Labute approximate surface area is 72.3 Å². The molecule has 0 unspecified atom stereocenters. The molecular weight excluding hydrogens is 164 g/mol. The third-order valence-electron chi connectivity index (χ3n) is 1.46. The Morgan fingerprint density at radius 2 is 2.18 bits per heavy atom. The summed E-state index contributed by atoms with van der Waals surface area (Å²) in [6.45, 7) is 4.68. The molecule has 0 aromatic rings. The number of amides is 2. The average Bonchev–Trinajstić information content (AvgIpc) is 1.87. The van der Waals surface area contributed by atoms with Crippen LogP contribution in [0.4, 0.5) is 4.79 Å². The van der Waals surface area contributed by atoms with Crippen LogP contribution in [0.2, 0.25) is 0 Å². The molecule has 0 aliphatic heterocycles. The zero-order valence-electron chi connectivity index (χ0n) is 6.98. The molecule has 0 atom stereocenters. The molecule has 4 heteroatoms. The average molecular weight is 179 g/mol. The molecule has 0 fully saturated rings. The SMILES string of the molecule is CC(C)(CCl)CCNC(N)=O. The minimum absolute atomic E-state index is 0.0734. The number of rotatable bonds is 4. The molecule has 0 aliphatic rings. The van der Waals surface area contributed by atoms with Crippen molar-refractivity contribution in [2.75, 3.05) is 12.4 Å². The minimum Gasteiger partial charge on any atom is -0.352 e. The molecule has 0 rings (SSSR count). The maximum absolute atomic E-state index is 10.3. The van der Waals surface area contributed by atoms with Gasteiger partial charge in [0.05, 0.1) is 0 Å². The summed E-state index contributed by atoms with van der Waals surface area (Å²) < 4.78 is 0.